The van der Waals surface area contributed by atoms with Crippen LogP contribution >= 0.6 is 0 Å². The molecule has 2 atom stereocenters. The number of carboxylic acids is 1. The predicted molar refractivity (Wildman–Crippen MR) is 126 cm³/mol. The number of hydrogen-bond donors (Lipinski definition) is 1. The van der Waals surface area contributed by atoms with E-state index in [9.17, 15) is 4.79 Å². The van der Waals surface area contributed by atoms with Gasteiger partial charge in [0.05, 0.1) is 0 Å². The Hall–Kier alpha value is -1.31. The van der Waals surface area contributed by atoms with Gasteiger partial charge in [-0.1, -0.05) is 114 Å². The first-order chi connectivity index (χ1) is 13.9. The van der Waals surface area contributed by atoms with E-state index >= 15 is 0 Å². The zero-order valence-corrected chi connectivity index (χ0v) is 19.6. The molecule has 1 rings (SSSR count). The zero-order chi connectivity index (χ0) is 21.5. The average molecular weight is 403 g/mol. The van der Waals surface area contributed by atoms with Crippen molar-refractivity contribution in [2.45, 2.75) is 124 Å². The van der Waals surface area contributed by atoms with Crippen molar-refractivity contribution < 1.29 is 9.90 Å². The van der Waals surface area contributed by atoms with Gasteiger partial charge in [0.15, 0.2) is 0 Å². The van der Waals surface area contributed by atoms with Gasteiger partial charge in [-0.15, -0.1) is 0 Å². The van der Waals surface area contributed by atoms with E-state index in [2.05, 4.69) is 45.9 Å². The predicted octanol–water partition coefficient (Wildman–Crippen LogP) is 8.59. The number of hydrogen-bond acceptors (Lipinski definition) is 1. The van der Waals surface area contributed by atoms with Crippen LogP contribution in [0.3, 0.4) is 0 Å². The van der Waals surface area contributed by atoms with Crippen molar-refractivity contribution in [3.8, 4) is 0 Å². The van der Waals surface area contributed by atoms with E-state index in [-0.39, 0.29) is 12.3 Å². The maximum atomic E-state index is 11.1. The topological polar surface area (TPSA) is 37.3 Å². The lowest BCUT2D eigenvalue weighted by Gasteiger charge is -2.22. The van der Waals surface area contributed by atoms with Crippen LogP contribution in [0.1, 0.15) is 126 Å². The van der Waals surface area contributed by atoms with Crippen LogP contribution in [0.5, 0.6) is 0 Å². The Morgan fingerprint density at radius 1 is 0.828 bits per heavy atom. The fraction of sp³-hybridized carbons (Fsp3) is 0.741. The van der Waals surface area contributed by atoms with Crippen molar-refractivity contribution in [3.05, 3.63) is 34.9 Å². The van der Waals surface area contributed by atoms with Gasteiger partial charge >= 0.3 is 5.97 Å². The molecule has 0 spiro atoms. The minimum Gasteiger partial charge on any atom is -0.481 e. The summed E-state index contributed by atoms with van der Waals surface area (Å²) in [6.07, 6.45) is 17.5. The highest BCUT2D eigenvalue weighted by atomic mass is 16.4. The van der Waals surface area contributed by atoms with Crippen molar-refractivity contribution in [1.29, 1.82) is 0 Å². The third kappa shape index (κ3) is 12.8. The van der Waals surface area contributed by atoms with Crippen molar-refractivity contribution in [2.24, 2.45) is 5.92 Å². The van der Waals surface area contributed by atoms with E-state index in [1.165, 1.54) is 93.7 Å². The van der Waals surface area contributed by atoms with Crippen LogP contribution in [0.25, 0.3) is 0 Å². The molecular weight excluding hydrogens is 356 g/mol. The number of benzene rings is 1. The number of carboxylic acid groups (broad SMARTS) is 1. The molecule has 166 valence electrons. The molecule has 0 aliphatic carbocycles. The third-order valence-corrected chi connectivity index (χ3v) is 6.08. The molecule has 0 fully saturated rings. The monoisotopic (exact) mass is 402 g/mol. The molecule has 29 heavy (non-hydrogen) atoms. The quantitative estimate of drug-likeness (QED) is 0.265. The number of aliphatic carboxylic acids is 1. The van der Waals surface area contributed by atoms with Gasteiger partial charge in [0, 0.05) is 6.42 Å². The highest BCUT2D eigenvalue weighted by molar-refractivity contribution is 5.66. The first-order valence-corrected chi connectivity index (χ1v) is 12.2. The van der Waals surface area contributed by atoms with Gasteiger partial charge in [-0.25, -0.2) is 0 Å². The molecule has 1 N–H and O–H groups in total. The van der Waals surface area contributed by atoms with E-state index in [1.54, 1.807) is 0 Å². The highest BCUT2D eigenvalue weighted by Crippen LogP contribution is 2.32. The maximum Gasteiger partial charge on any atom is 0.303 e. The number of carbonyl (C=O) groups is 1. The summed E-state index contributed by atoms with van der Waals surface area (Å²) in [5.41, 5.74) is 4.04. The summed E-state index contributed by atoms with van der Waals surface area (Å²) >= 11 is 0. The average Bonchev–Trinajstić information content (AvgIpc) is 2.63. The van der Waals surface area contributed by atoms with Crippen LogP contribution in [-0.2, 0) is 4.79 Å². The third-order valence-electron chi connectivity index (χ3n) is 6.08. The Balaban J connectivity index is 2.37. The molecule has 1 aromatic rings. The molecule has 0 aromatic heterocycles. The van der Waals surface area contributed by atoms with Crippen LogP contribution in [-0.4, -0.2) is 11.1 Å². The van der Waals surface area contributed by atoms with Gasteiger partial charge in [-0.3, -0.25) is 4.79 Å². The Bertz CT molecular complexity index is 543. The summed E-state index contributed by atoms with van der Waals surface area (Å²) in [6.45, 7) is 8.69. The molecule has 0 radical (unpaired) electrons. The van der Waals surface area contributed by atoms with Crippen LogP contribution < -0.4 is 0 Å². The van der Waals surface area contributed by atoms with E-state index in [0.717, 1.165) is 6.42 Å². The van der Waals surface area contributed by atoms with Crippen molar-refractivity contribution >= 4 is 5.97 Å². The Morgan fingerprint density at radius 3 is 1.79 bits per heavy atom. The van der Waals surface area contributed by atoms with Crippen LogP contribution in [0.4, 0.5) is 0 Å². The fourth-order valence-corrected chi connectivity index (χ4v) is 4.59. The molecule has 2 nitrogen and oxygen atoms in total. The van der Waals surface area contributed by atoms with E-state index in [0.29, 0.717) is 5.92 Å². The zero-order valence-electron chi connectivity index (χ0n) is 19.6. The van der Waals surface area contributed by atoms with Crippen molar-refractivity contribution in [3.63, 3.8) is 0 Å². The summed E-state index contributed by atoms with van der Waals surface area (Å²) in [5.74, 6) is 0.0407. The fourth-order valence-electron chi connectivity index (χ4n) is 4.59. The lowest BCUT2D eigenvalue weighted by atomic mass is 9.83. The Kier molecular flexibility index (Phi) is 13.8. The van der Waals surface area contributed by atoms with Gasteiger partial charge in [0.1, 0.15) is 0 Å². The normalized spacial score (nSPS) is 13.4. The number of unbranched alkanes of at least 4 members (excludes halogenated alkanes) is 10. The summed E-state index contributed by atoms with van der Waals surface area (Å²) in [6, 6.07) is 6.84. The molecule has 0 heterocycles. The summed E-state index contributed by atoms with van der Waals surface area (Å²) in [5, 5.41) is 9.13. The van der Waals surface area contributed by atoms with Gasteiger partial charge in [-0.05, 0) is 44.1 Å². The lowest BCUT2D eigenvalue weighted by molar-refractivity contribution is -0.138. The number of aryl methyl sites for hydroxylation is 2. The molecule has 2 heteroatoms. The Labute approximate surface area is 180 Å². The second kappa shape index (κ2) is 15.5. The van der Waals surface area contributed by atoms with Crippen molar-refractivity contribution in [2.75, 3.05) is 0 Å². The van der Waals surface area contributed by atoms with E-state index in [4.69, 9.17) is 5.11 Å². The first-order valence-electron chi connectivity index (χ1n) is 12.2. The molecule has 0 aliphatic heterocycles. The van der Waals surface area contributed by atoms with Crippen LogP contribution in [0.15, 0.2) is 18.2 Å². The molecule has 0 bridgehead atoms. The molecule has 0 amide bonds. The minimum atomic E-state index is -0.675. The number of rotatable bonds is 17. The minimum absolute atomic E-state index is 0.228. The van der Waals surface area contributed by atoms with Crippen molar-refractivity contribution in [1.82, 2.24) is 0 Å². The summed E-state index contributed by atoms with van der Waals surface area (Å²) in [7, 11) is 0. The van der Waals surface area contributed by atoms with Gasteiger partial charge in [-0.2, -0.15) is 0 Å². The van der Waals surface area contributed by atoms with Crippen LogP contribution in [0, 0.1) is 19.8 Å². The molecule has 0 aliphatic rings. The van der Waals surface area contributed by atoms with Gasteiger partial charge in [0.2, 0.25) is 0 Å². The highest BCUT2D eigenvalue weighted by Gasteiger charge is 2.18. The lowest BCUT2D eigenvalue weighted by Crippen LogP contribution is -2.10. The summed E-state index contributed by atoms with van der Waals surface area (Å²) in [4.78, 5) is 11.1. The molecule has 2 unspecified atom stereocenters. The standard InChI is InChI=1S/C27H46O2/c1-5-6-7-8-9-10-11-12-13-14-15-16-25(18-24(4)21-27(28)29)26-19-22(2)17-23(3)20-26/h17,19-20,24-25H,5-16,18,21H2,1-4H3,(H,28,29). The van der Waals surface area contributed by atoms with Crippen LogP contribution in [0.2, 0.25) is 0 Å². The molecular formula is C27H46O2. The SMILES string of the molecule is CCCCCCCCCCCCCC(CC(C)CC(=O)O)c1cc(C)cc(C)c1. The molecule has 0 saturated heterocycles. The second-order valence-corrected chi connectivity index (χ2v) is 9.38. The smallest absolute Gasteiger partial charge is 0.303 e. The largest absolute Gasteiger partial charge is 0.481 e. The first kappa shape index (κ1) is 25.7. The van der Waals surface area contributed by atoms with E-state index < -0.39 is 5.97 Å². The van der Waals surface area contributed by atoms with Gasteiger partial charge in [0.25, 0.3) is 0 Å². The Morgan fingerprint density at radius 2 is 1.31 bits per heavy atom. The molecule has 1 aromatic carbocycles. The summed E-state index contributed by atoms with van der Waals surface area (Å²) < 4.78 is 0. The van der Waals surface area contributed by atoms with Gasteiger partial charge < -0.3 is 5.11 Å². The second-order valence-electron chi connectivity index (χ2n) is 9.38. The maximum absolute atomic E-state index is 11.1. The molecule has 0 saturated carbocycles. The van der Waals surface area contributed by atoms with E-state index in [1.807, 2.05) is 0 Å².